The van der Waals surface area contributed by atoms with Gasteiger partial charge in [-0.25, -0.2) is 0 Å². The van der Waals surface area contributed by atoms with Gasteiger partial charge in [0.25, 0.3) is 0 Å². The number of amides is 1. The monoisotopic (exact) mass is 222 g/mol. The summed E-state index contributed by atoms with van der Waals surface area (Å²) in [7, 11) is 0. The van der Waals surface area contributed by atoms with Gasteiger partial charge in [0, 0.05) is 19.3 Å². The number of likely N-dealkylation sites (tertiary alicyclic amines) is 1. The lowest BCUT2D eigenvalue weighted by Crippen LogP contribution is -2.32. The molecule has 2 N–H and O–H groups in total. The zero-order valence-electron chi connectivity index (χ0n) is 9.59. The van der Waals surface area contributed by atoms with E-state index in [0.29, 0.717) is 18.2 Å². The number of hydrogen-bond acceptors (Lipinski definition) is 3. The molecule has 1 aliphatic rings. The van der Waals surface area contributed by atoms with E-state index >= 15 is 0 Å². The number of nitrogens with two attached hydrogens (primary N) is 1. The Morgan fingerprint density at radius 1 is 1.69 bits per heavy atom. The Kier molecular flexibility index (Phi) is 3.12. The maximum atomic E-state index is 11.9. The first-order chi connectivity index (χ1) is 7.69. The van der Waals surface area contributed by atoms with E-state index in [2.05, 4.69) is 12.0 Å². The van der Waals surface area contributed by atoms with Gasteiger partial charge in [0.1, 0.15) is 6.54 Å². The van der Waals surface area contributed by atoms with Crippen LogP contribution in [0.1, 0.15) is 19.8 Å². The molecule has 0 bridgehead atoms. The average Bonchev–Trinajstić information content (AvgIpc) is 2.87. The summed E-state index contributed by atoms with van der Waals surface area (Å²) >= 11 is 0. The van der Waals surface area contributed by atoms with Crippen molar-refractivity contribution in [1.29, 1.82) is 0 Å². The van der Waals surface area contributed by atoms with Gasteiger partial charge in [-0.15, -0.1) is 0 Å². The minimum absolute atomic E-state index is 0.138. The van der Waals surface area contributed by atoms with E-state index in [9.17, 15) is 4.79 Å². The van der Waals surface area contributed by atoms with Crippen molar-refractivity contribution < 1.29 is 4.79 Å². The van der Waals surface area contributed by atoms with E-state index in [1.165, 1.54) is 0 Å². The quantitative estimate of drug-likeness (QED) is 0.819. The fraction of sp³-hybridized carbons (Fsp3) is 0.636. The Balaban J connectivity index is 1.89. The van der Waals surface area contributed by atoms with Crippen LogP contribution in [-0.4, -0.2) is 33.7 Å². The van der Waals surface area contributed by atoms with Crippen LogP contribution in [0.4, 0.5) is 5.69 Å². The molecule has 0 saturated carbocycles. The third kappa shape index (κ3) is 2.35. The fourth-order valence-electron chi connectivity index (χ4n) is 2.10. The predicted molar refractivity (Wildman–Crippen MR) is 61.6 cm³/mol. The number of aromatic nitrogens is 2. The molecular formula is C11H18N4O. The maximum absolute atomic E-state index is 11.9. The Labute approximate surface area is 95.2 Å². The van der Waals surface area contributed by atoms with Crippen molar-refractivity contribution in [3.05, 3.63) is 12.4 Å². The molecular weight excluding hydrogens is 204 g/mol. The van der Waals surface area contributed by atoms with Gasteiger partial charge in [-0.3, -0.25) is 9.48 Å². The van der Waals surface area contributed by atoms with Gasteiger partial charge in [-0.2, -0.15) is 5.10 Å². The molecule has 0 radical (unpaired) electrons. The zero-order chi connectivity index (χ0) is 11.5. The summed E-state index contributed by atoms with van der Waals surface area (Å²) in [5, 5.41) is 4.01. The van der Waals surface area contributed by atoms with Gasteiger partial charge in [-0.05, 0) is 12.3 Å². The first-order valence-corrected chi connectivity index (χ1v) is 5.74. The molecule has 1 aliphatic heterocycles. The molecule has 1 atom stereocenters. The van der Waals surface area contributed by atoms with Crippen LogP contribution in [-0.2, 0) is 11.3 Å². The van der Waals surface area contributed by atoms with Crippen molar-refractivity contribution in [3.63, 3.8) is 0 Å². The molecule has 5 nitrogen and oxygen atoms in total. The molecule has 2 rings (SSSR count). The second kappa shape index (κ2) is 4.55. The number of anilines is 1. The Morgan fingerprint density at radius 2 is 2.50 bits per heavy atom. The SMILES string of the molecule is CCC1CCN(C(=O)Cn2cc(N)cn2)C1. The van der Waals surface area contributed by atoms with E-state index < -0.39 is 0 Å². The van der Waals surface area contributed by atoms with Crippen molar-refractivity contribution in [2.45, 2.75) is 26.3 Å². The first-order valence-electron chi connectivity index (χ1n) is 5.74. The summed E-state index contributed by atoms with van der Waals surface area (Å²) < 4.78 is 1.59. The summed E-state index contributed by atoms with van der Waals surface area (Å²) in [5.41, 5.74) is 6.14. The highest BCUT2D eigenvalue weighted by atomic mass is 16.2. The van der Waals surface area contributed by atoms with Crippen molar-refractivity contribution in [2.24, 2.45) is 5.92 Å². The lowest BCUT2D eigenvalue weighted by molar-refractivity contribution is -0.131. The second-order valence-corrected chi connectivity index (χ2v) is 4.37. The molecule has 16 heavy (non-hydrogen) atoms. The maximum Gasteiger partial charge on any atom is 0.244 e. The molecule has 88 valence electrons. The van der Waals surface area contributed by atoms with Crippen LogP contribution in [0.25, 0.3) is 0 Å². The molecule has 0 aliphatic carbocycles. The van der Waals surface area contributed by atoms with E-state index in [-0.39, 0.29) is 5.91 Å². The normalized spacial score (nSPS) is 20.3. The molecule has 1 aromatic rings. The fourth-order valence-corrected chi connectivity index (χ4v) is 2.10. The summed E-state index contributed by atoms with van der Waals surface area (Å²) in [6, 6.07) is 0. The van der Waals surface area contributed by atoms with Crippen LogP contribution in [0.3, 0.4) is 0 Å². The van der Waals surface area contributed by atoms with Gasteiger partial charge in [-0.1, -0.05) is 13.3 Å². The molecule has 1 amide bonds. The number of nitrogen functional groups attached to an aromatic ring is 1. The Bertz CT molecular complexity index is 374. The number of carbonyl (C=O) groups is 1. The highest BCUT2D eigenvalue weighted by molar-refractivity contribution is 5.76. The third-order valence-electron chi connectivity index (χ3n) is 3.17. The van der Waals surface area contributed by atoms with Crippen molar-refractivity contribution in [3.8, 4) is 0 Å². The minimum Gasteiger partial charge on any atom is -0.396 e. The lowest BCUT2D eigenvalue weighted by Gasteiger charge is -2.16. The van der Waals surface area contributed by atoms with Crippen LogP contribution in [0.2, 0.25) is 0 Å². The molecule has 1 saturated heterocycles. The summed E-state index contributed by atoms with van der Waals surface area (Å²) in [6.45, 7) is 4.25. The predicted octanol–water partition coefficient (Wildman–Crippen LogP) is 0.724. The Morgan fingerprint density at radius 3 is 3.06 bits per heavy atom. The highest BCUT2D eigenvalue weighted by Crippen LogP contribution is 2.19. The number of hydrogen-bond donors (Lipinski definition) is 1. The van der Waals surface area contributed by atoms with Crippen molar-refractivity contribution in [2.75, 3.05) is 18.8 Å². The second-order valence-electron chi connectivity index (χ2n) is 4.37. The third-order valence-corrected chi connectivity index (χ3v) is 3.17. The van der Waals surface area contributed by atoms with Crippen LogP contribution in [0.15, 0.2) is 12.4 Å². The van der Waals surface area contributed by atoms with Gasteiger partial charge in [0.2, 0.25) is 5.91 Å². The number of nitrogens with zero attached hydrogens (tertiary/aromatic N) is 3. The van der Waals surface area contributed by atoms with E-state index in [0.717, 1.165) is 25.9 Å². The van der Waals surface area contributed by atoms with Crippen LogP contribution < -0.4 is 5.73 Å². The molecule has 2 heterocycles. The number of rotatable bonds is 3. The van der Waals surface area contributed by atoms with Crippen LogP contribution >= 0.6 is 0 Å². The molecule has 1 aromatic heterocycles. The van der Waals surface area contributed by atoms with Gasteiger partial charge in [0.05, 0.1) is 11.9 Å². The standard InChI is InChI=1S/C11H18N4O/c1-2-9-3-4-14(6-9)11(16)8-15-7-10(12)5-13-15/h5,7,9H,2-4,6,8,12H2,1H3. The van der Waals surface area contributed by atoms with E-state index in [1.807, 2.05) is 4.90 Å². The summed E-state index contributed by atoms with van der Waals surface area (Å²) in [6.07, 6.45) is 5.53. The molecule has 5 heteroatoms. The Hall–Kier alpha value is -1.52. The van der Waals surface area contributed by atoms with Gasteiger partial charge >= 0.3 is 0 Å². The molecule has 0 aromatic carbocycles. The molecule has 1 unspecified atom stereocenters. The lowest BCUT2D eigenvalue weighted by atomic mass is 10.1. The van der Waals surface area contributed by atoms with E-state index in [4.69, 9.17) is 5.73 Å². The minimum atomic E-state index is 0.138. The highest BCUT2D eigenvalue weighted by Gasteiger charge is 2.24. The smallest absolute Gasteiger partial charge is 0.244 e. The van der Waals surface area contributed by atoms with Gasteiger partial charge < -0.3 is 10.6 Å². The summed E-state index contributed by atoms with van der Waals surface area (Å²) in [4.78, 5) is 13.8. The van der Waals surface area contributed by atoms with E-state index in [1.54, 1.807) is 17.1 Å². The van der Waals surface area contributed by atoms with Crippen molar-refractivity contribution >= 4 is 11.6 Å². The van der Waals surface area contributed by atoms with Crippen molar-refractivity contribution in [1.82, 2.24) is 14.7 Å². The zero-order valence-corrected chi connectivity index (χ0v) is 9.59. The van der Waals surface area contributed by atoms with Gasteiger partial charge in [0.15, 0.2) is 0 Å². The van der Waals surface area contributed by atoms with Crippen LogP contribution in [0.5, 0.6) is 0 Å². The number of carbonyl (C=O) groups excluding carboxylic acids is 1. The topological polar surface area (TPSA) is 64.2 Å². The largest absolute Gasteiger partial charge is 0.396 e. The first kappa shape index (κ1) is 11.0. The molecule has 0 spiro atoms. The molecule has 1 fully saturated rings. The van der Waals surface area contributed by atoms with Crippen LogP contribution in [0, 0.1) is 5.92 Å². The average molecular weight is 222 g/mol. The summed E-state index contributed by atoms with van der Waals surface area (Å²) in [5.74, 6) is 0.811.